The van der Waals surface area contributed by atoms with Crippen LogP contribution in [0.5, 0.6) is 0 Å². The molecule has 2 N–H and O–H groups in total. The lowest BCUT2D eigenvalue weighted by Crippen LogP contribution is -2.51. The molecule has 150 valence electrons. The number of carbonyl (C=O) groups is 2. The highest BCUT2D eigenvalue weighted by Crippen LogP contribution is 2.23. The number of nitrogens with zero attached hydrogens (tertiary/aromatic N) is 4. The molecule has 2 aromatic rings. The van der Waals surface area contributed by atoms with Crippen molar-refractivity contribution in [3.8, 4) is 0 Å². The molecule has 1 unspecified atom stereocenters. The monoisotopic (exact) mass is 401 g/mol. The highest BCUT2D eigenvalue weighted by atomic mass is 32.1. The van der Waals surface area contributed by atoms with Crippen molar-refractivity contribution in [2.24, 2.45) is 11.7 Å². The summed E-state index contributed by atoms with van der Waals surface area (Å²) in [5.41, 5.74) is 6.49. The molecule has 28 heavy (non-hydrogen) atoms. The van der Waals surface area contributed by atoms with Crippen LogP contribution in [0, 0.1) is 5.92 Å². The molecule has 1 aromatic heterocycles. The highest BCUT2D eigenvalue weighted by Gasteiger charge is 2.28. The number of benzene rings is 1. The van der Waals surface area contributed by atoms with Gasteiger partial charge in [0.25, 0.3) is 0 Å². The minimum atomic E-state index is -0.291. The molecule has 0 saturated carbocycles. The number of nitrogens with two attached hydrogens (primary N) is 1. The second-order valence-electron chi connectivity index (χ2n) is 7.71. The molecule has 0 spiro atoms. The van der Waals surface area contributed by atoms with Crippen molar-refractivity contribution in [1.29, 1.82) is 0 Å². The number of amides is 2. The normalized spacial score (nSPS) is 21.9. The van der Waals surface area contributed by atoms with Crippen LogP contribution < -0.4 is 5.73 Å². The predicted octanol–water partition coefficient (Wildman–Crippen LogP) is 1.14. The molecule has 3 heterocycles. The molecule has 1 aromatic carbocycles. The molecule has 2 aliphatic rings. The van der Waals surface area contributed by atoms with Gasteiger partial charge in [0.1, 0.15) is 5.01 Å². The van der Waals surface area contributed by atoms with E-state index in [9.17, 15) is 9.59 Å². The average Bonchev–Trinajstić information content (AvgIpc) is 3.12. The molecule has 2 saturated heterocycles. The number of piperazine rings is 1. The third-order valence-electron chi connectivity index (χ3n) is 5.70. The number of carbonyl (C=O) groups excluding carboxylic acids is 2. The summed E-state index contributed by atoms with van der Waals surface area (Å²) in [6.45, 7) is 6.15. The highest BCUT2D eigenvalue weighted by molar-refractivity contribution is 7.18. The molecular weight excluding hydrogens is 374 g/mol. The van der Waals surface area contributed by atoms with Crippen LogP contribution in [-0.2, 0) is 16.1 Å². The lowest BCUT2D eigenvalue weighted by atomic mass is 9.97. The van der Waals surface area contributed by atoms with Crippen LogP contribution in [-0.4, -0.2) is 77.3 Å². The summed E-state index contributed by atoms with van der Waals surface area (Å²) in [4.78, 5) is 35.2. The Balaban J connectivity index is 1.25. The number of para-hydroxylation sites is 1. The Kier molecular flexibility index (Phi) is 5.89. The van der Waals surface area contributed by atoms with Gasteiger partial charge in [-0.2, -0.15) is 0 Å². The number of hydrogen-bond acceptors (Lipinski definition) is 6. The standard InChI is InChI=1S/C20H27N5O2S/c21-20(27)15-4-3-7-25(12-15)19(26)14-24-10-8-23(9-11-24)13-18-22-16-5-1-2-6-17(16)28-18/h1-2,5-6,15H,3-4,7-14H2,(H2,21,27). The minimum absolute atomic E-state index is 0.116. The predicted molar refractivity (Wildman–Crippen MR) is 110 cm³/mol. The fourth-order valence-electron chi connectivity index (χ4n) is 4.01. The maximum absolute atomic E-state index is 12.6. The van der Waals surface area contributed by atoms with Crippen molar-refractivity contribution in [2.75, 3.05) is 45.8 Å². The van der Waals surface area contributed by atoms with Crippen molar-refractivity contribution in [3.63, 3.8) is 0 Å². The Morgan fingerprint density at radius 2 is 1.86 bits per heavy atom. The summed E-state index contributed by atoms with van der Waals surface area (Å²) < 4.78 is 1.23. The lowest BCUT2D eigenvalue weighted by Gasteiger charge is -2.36. The Bertz CT molecular complexity index is 813. The van der Waals surface area contributed by atoms with Crippen LogP contribution in [0.3, 0.4) is 0 Å². The summed E-state index contributed by atoms with van der Waals surface area (Å²) in [6, 6.07) is 8.25. The third-order valence-corrected chi connectivity index (χ3v) is 6.72. The average molecular weight is 402 g/mol. The summed E-state index contributed by atoms with van der Waals surface area (Å²) in [7, 11) is 0. The first kappa shape index (κ1) is 19.3. The number of rotatable bonds is 5. The van der Waals surface area contributed by atoms with Gasteiger partial charge in [0.15, 0.2) is 0 Å². The van der Waals surface area contributed by atoms with Crippen LogP contribution >= 0.6 is 11.3 Å². The van der Waals surface area contributed by atoms with E-state index in [0.717, 1.165) is 62.6 Å². The zero-order valence-corrected chi connectivity index (χ0v) is 16.9. The quantitative estimate of drug-likeness (QED) is 0.812. The zero-order valence-electron chi connectivity index (χ0n) is 16.0. The molecule has 7 nitrogen and oxygen atoms in total. The number of aromatic nitrogens is 1. The molecule has 0 bridgehead atoms. The number of fused-ring (bicyclic) bond motifs is 1. The van der Waals surface area contributed by atoms with Crippen molar-refractivity contribution >= 4 is 33.4 Å². The molecule has 2 amide bonds. The zero-order chi connectivity index (χ0) is 19.5. The van der Waals surface area contributed by atoms with Crippen LogP contribution in [0.25, 0.3) is 10.2 Å². The number of likely N-dealkylation sites (tertiary alicyclic amines) is 1. The topological polar surface area (TPSA) is 82.8 Å². The molecule has 8 heteroatoms. The maximum Gasteiger partial charge on any atom is 0.236 e. The second-order valence-corrected chi connectivity index (χ2v) is 8.82. The van der Waals surface area contributed by atoms with E-state index in [1.807, 2.05) is 17.0 Å². The second kappa shape index (κ2) is 8.55. The smallest absolute Gasteiger partial charge is 0.236 e. The number of hydrogen-bond donors (Lipinski definition) is 1. The van der Waals surface area contributed by atoms with Gasteiger partial charge in [-0.15, -0.1) is 11.3 Å². The first-order valence-corrected chi connectivity index (χ1v) is 10.8. The maximum atomic E-state index is 12.6. The van der Waals surface area contributed by atoms with Crippen LogP contribution in [0.1, 0.15) is 17.8 Å². The molecule has 2 aliphatic heterocycles. The van der Waals surface area contributed by atoms with Gasteiger partial charge in [0.2, 0.25) is 11.8 Å². The van der Waals surface area contributed by atoms with Gasteiger partial charge in [0.05, 0.1) is 29.2 Å². The molecule has 2 fully saturated rings. The first-order valence-electron chi connectivity index (χ1n) is 9.95. The fraction of sp³-hybridized carbons (Fsp3) is 0.550. The van der Waals surface area contributed by atoms with Gasteiger partial charge in [-0.05, 0) is 25.0 Å². The molecule has 0 aliphatic carbocycles. The Hall–Kier alpha value is -2.03. The molecular formula is C20H27N5O2S. The van der Waals surface area contributed by atoms with E-state index < -0.39 is 0 Å². The minimum Gasteiger partial charge on any atom is -0.369 e. The Morgan fingerprint density at radius 1 is 1.11 bits per heavy atom. The number of thiazole rings is 1. The molecule has 0 radical (unpaired) electrons. The number of piperidine rings is 1. The van der Waals surface area contributed by atoms with Gasteiger partial charge in [0, 0.05) is 39.3 Å². The van der Waals surface area contributed by atoms with E-state index in [0.29, 0.717) is 13.1 Å². The summed E-state index contributed by atoms with van der Waals surface area (Å²) >= 11 is 1.76. The van der Waals surface area contributed by atoms with Gasteiger partial charge in [-0.3, -0.25) is 19.4 Å². The largest absolute Gasteiger partial charge is 0.369 e. The van der Waals surface area contributed by atoms with Crippen molar-refractivity contribution in [3.05, 3.63) is 29.3 Å². The van der Waals surface area contributed by atoms with Gasteiger partial charge in [-0.25, -0.2) is 4.98 Å². The van der Waals surface area contributed by atoms with E-state index in [2.05, 4.69) is 21.9 Å². The van der Waals surface area contributed by atoms with Gasteiger partial charge >= 0.3 is 0 Å². The first-order chi connectivity index (χ1) is 13.6. The summed E-state index contributed by atoms with van der Waals surface area (Å²) in [5.74, 6) is -0.366. The van der Waals surface area contributed by atoms with Crippen LogP contribution in [0.15, 0.2) is 24.3 Å². The Labute approximate surface area is 169 Å². The lowest BCUT2D eigenvalue weighted by molar-refractivity contribution is -0.136. The number of primary amides is 1. The van der Waals surface area contributed by atoms with Crippen molar-refractivity contribution in [1.82, 2.24) is 19.7 Å². The third kappa shape index (κ3) is 4.51. The van der Waals surface area contributed by atoms with Crippen molar-refractivity contribution in [2.45, 2.75) is 19.4 Å². The summed E-state index contributed by atoms with van der Waals surface area (Å²) in [6.07, 6.45) is 1.65. The summed E-state index contributed by atoms with van der Waals surface area (Å²) in [5, 5.41) is 1.15. The van der Waals surface area contributed by atoms with E-state index in [4.69, 9.17) is 10.7 Å². The van der Waals surface area contributed by atoms with E-state index in [1.165, 1.54) is 4.70 Å². The van der Waals surface area contributed by atoms with Crippen LogP contribution in [0.2, 0.25) is 0 Å². The van der Waals surface area contributed by atoms with Crippen LogP contribution in [0.4, 0.5) is 0 Å². The van der Waals surface area contributed by atoms with Crippen molar-refractivity contribution < 1.29 is 9.59 Å². The molecule has 1 atom stereocenters. The Morgan fingerprint density at radius 3 is 2.61 bits per heavy atom. The molecule has 4 rings (SSSR count). The SMILES string of the molecule is NC(=O)C1CCCN(C(=O)CN2CCN(Cc3nc4ccccc4s3)CC2)C1. The van der Waals surface area contributed by atoms with E-state index >= 15 is 0 Å². The van der Waals surface area contributed by atoms with E-state index in [1.54, 1.807) is 11.3 Å². The fourth-order valence-corrected chi connectivity index (χ4v) is 5.02. The van der Waals surface area contributed by atoms with Gasteiger partial charge in [-0.1, -0.05) is 12.1 Å². The van der Waals surface area contributed by atoms with E-state index in [-0.39, 0.29) is 17.7 Å². The van der Waals surface area contributed by atoms with Gasteiger partial charge < -0.3 is 10.6 Å².